The van der Waals surface area contributed by atoms with Crippen molar-refractivity contribution < 1.29 is 14.6 Å². The summed E-state index contributed by atoms with van der Waals surface area (Å²) in [7, 11) is 0. The van der Waals surface area contributed by atoms with Crippen LogP contribution >= 0.6 is 11.3 Å². The zero-order valence-electron chi connectivity index (χ0n) is 11.7. The summed E-state index contributed by atoms with van der Waals surface area (Å²) in [6.45, 7) is 1.92. The minimum Gasteiger partial charge on any atom is -0.504 e. The number of aromatic hydroxyl groups is 1. The molecule has 1 heterocycles. The predicted octanol–water partition coefficient (Wildman–Crippen LogP) is 2.60. The molecule has 0 atom stereocenters. The fourth-order valence-corrected chi connectivity index (χ4v) is 2.41. The van der Waals surface area contributed by atoms with E-state index in [0.717, 1.165) is 24.3 Å². The Morgan fingerprint density at radius 1 is 1.38 bits per heavy atom. The van der Waals surface area contributed by atoms with Crippen molar-refractivity contribution >= 4 is 22.4 Å². The van der Waals surface area contributed by atoms with Crippen molar-refractivity contribution in [1.82, 2.24) is 10.2 Å². The molecule has 6 nitrogen and oxygen atoms in total. The van der Waals surface area contributed by atoms with Gasteiger partial charge in [-0.1, -0.05) is 36.8 Å². The van der Waals surface area contributed by atoms with E-state index in [1.807, 2.05) is 0 Å². The third kappa shape index (κ3) is 4.71. The average molecular weight is 307 g/mol. The zero-order chi connectivity index (χ0) is 15.1. The third-order valence-corrected chi connectivity index (χ3v) is 3.58. The van der Waals surface area contributed by atoms with Crippen LogP contribution in [0.5, 0.6) is 11.5 Å². The largest absolute Gasteiger partial charge is 0.504 e. The second-order valence-corrected chi connectivity index (χ2v) is 5.47. The lowest BCUT2D eigenvalue weighted by Crippen LogP contribution is -2.20. The first-order valence-corrected chi connectivity index (χ1v) is 7.53. The minimum atomic E-state index is -0.337. The molecule has 0 radical (unpaired) electrons. The number of phenolic OH excluding ortho intramolecular Hbond substituents is 1. The number of aryl methyl sites for hydroxylation is 1. The molecule has 2 aromatic rings. The summed E-state index contributed by atoms with van der Waals surface area (Å²) in [5.74, 6) is -0.0620. The molecular weight excluding hydrogens is 290 g/mol. The van der Waals surface area contributed by atoms with Crippen LogP contribution in [0.4, 0.5) is 5.13 Å². The van der Waals surface area contributed by atoms with Gasteiger partial charge in [0, 0.05) is 6.42 Å². The molecule has 0 aliphatic carbocycles. The highest BCUT2D eigenvalue weighted by molar-refractivity contribution is 7.15. The number of benzene rings is 1. The van der Waals surface area contributed by atoms with Gasteiger partial charge in [-0.2, -0.15) is 0 Å². The number of hydrogen-bond donors (Lipinski definition) is 2. The topological polar surface area (TPSA) is 84.3 Å². The van der Waals surface area contributed by atoms with Crippen molar-refractivity contribution in [3.05, 3.63) is 29.3 Å². The normalized spacial score (nSPS) is 10.3. The number of ether oxygens (including phenoxy) is 1. The van der Waals surface area contributed by atoms with E-state index >= 15 is 0 Å². The summed E-state index contributed by atoms with van der Waals surface area (Å²) in [6.07, 6.45) is 3.02. The van der Waals surface area contributed by atoms with Gasteiger partial charge in [0.1, 0.15) is 5.01 Å². The van der Waals surface area contributed by atoms with Crippen molar-refractivity contribution in [3.63, 3.8) is 0 Å². The molecule has 1 aromatic heterocycles. The Labute approximate surface area is 126 Å². The maximum atomic E-state index is 11.7. The molecule has 0 saturated heterocycles. The lowest BCUT2D eigenvalue weighted by molar-refractivity contribution is -0.118. The Bertz CT molecular complexity index is 601. The van der Waals surface area contributed by atoms with E-state index in [0.29, 0.717) is 5.13 Å². The van der Waals surface area contributed by atoms with Crippen molar-refractivity contribution in [2.45, 2.75) is 26.2 Å². The van der Waals surface area contributed by atoms with E-state index < -0.39 is 0 Å². The van der Waals surface area contributed by atoms with Crippen LogP contribution in [0.25, 0.3) is 0 Å². The molecule has 0 aliphatic rings. The summed E-state index contributed by atoms with van der Waals surface area (Å²) in [5, 5.41) is 21.5. The number of phenols is 1. The summed E-state index contributed by atoms with van der Waals surface area (Å²) < 4.78 is 5.24. The van der Waals surface area contributed by atoms with E-state index in [1.165, 1.54) is 17.4 Å². The molecule has 0 bridgehead atoms. The lowest BCUT2D eigenvalue weighted by atomic mass is 10.3. The molecule has 0 unspecified atom stereocenters. The van der Waals surface area contributed by atoms with Gasteiger partial charge in [0.05, 0.1) is 0 Å². The zero-order valence-corrected chi connectivity index (χ0v) is 12.5. The number of aromatic nitrogens is 2. The first-order valence-electron chi connectivity index (χ1n) is 6.72. The average Bonchev–Trinajstić information content (AvgIpc) is 2.91. The van der Waals surface area contributed by atoms with E-state index in [2.05, 4.69) is 22.4 Å². The summed E-state index contributed by atoms with van der Waals surface area (Å²) >= 11 is 1.37. The van der Waals surface area contributed by atoms with Crippen LogP contribution < -0.4 is 10.1 Å². The molecule has 0 spiro atoms. The van der Waals surface area contributed by atoms with E-state index in [1.54, 1.807) is 18.2 Å². The van der Waals surface area contributed by atoms with Crippen LogP contribution in [0.1, 0.15) is 24.8 Å². The van der Waals surface area contributed by atoms with E-state index in [4.69, 9.17) is 4.74 Å². The molecule has 0 aliphatic heterocycles. The second kappa shape index (κ2) is 7.58. The van der Waals surface area contributed by atoms with Crippen molar-refractivity contribution in [3.8, 4) is 11.5 Å². The molecule has 2 rings (SSSR count). The number of anilines is 1. The van der Waals surface area contributed by atoms with Crippen LogP contribution in [-0.4, -0.2) is 27.8 Å². The number of amides is 1. The van der Waals surface area contributed by atoms with Gasteiger partial charge in [-0.05, 0) is 18.6 Å². The quantitative estimate of drug-likeness (QED) is 0.821. The Kier molecular flexibility index (Phi) is 5.51. The number of rotatable bonds is 7. The van der Waals surface area contributed by atoms with Crippen molar-refractivity contribution in [2.24, 2.45) is 0 Å². The van der Waals surface area contributed by atoms with Gasteiger partial charge >= 0.3 is 0 Å². The number of hydrogen-bond acceptors (Lipinski definition) is 6. The number of para-hydroxylation sites is 2. The van der Waals surface area contributed by atoms with Crippen LogP contribution in [0.15, 0.2) is 24.3 Å². The van der Waals surface area contributed by atoms with Gasteiger partial charge in [0.25, 0.3) is 5.91 Å². The molecule has 7 heteroatoms. The Morgan fingerprint density at radius 3 is 2.95 bits per heavy atom. The molecule has 0 fully saturated rings. The highest BCUT2D eigenvalue weighted by Crippen LogP contribution is 2.24. The van der Waals surface area contributed by atoms with Crippen LogP contribution in [0.3, 0.4) is 0 Å². The number of nitrogens with zero attached hydrogens (tertiary/aromatic N) is 2. The Hall–Kier alpha value is -2.15. The van der Waals surface area contributed by atoms with Gasteiger partial charge in [-0.25, -0.2) is 0 Å². The highest BCUT2D eigenvalue weighted by atomic mass is 32.1. The van der Waals surface area contributed by atoms with Crippen LogP contribution in [0.2, 0.25) is 0 Å². The minimum absolute atomic E-state index is 0.00284. The van der Waals surface area contributed by atoms with Crippen molar-refractivity contribution in [1.29, 1.82) is 0 Å². The number of carbonyl (C=O) groups excluding carboxylic acids is 1. The lowest BCUT2D eigenvalue weighted by Gasteiger charge is -2.06. The summed E-state index contributed by atoms with van der Waals surface area (Å²) in [5.41, 5.74) is 0. The van der Waals surface area contributed by atoms with Crippen molar-refractivity contribution in [2.75, 3.05) is 11.9 Å². The smallest absolute Gasteiger partial charge is 0.264 e. The fourth-order valence-electron chi connectivity index (χ4n) is 1.61. The first-order chi connectivity index (χ1) is 10.2. The summed E-state index contributed by atoms with van der Waals surface area (Å²) in [4.78, 5) is 11.7. The highest BCUT2D eigenvalue weighted by Gasteiger charge is 2.09. The van der Waals surface area contributed by atoms with Gasteiger partial charge in [0.15, 0.2) is 18.1 Å². The monoisotopic (exact) mass is 307 g/mol. The molecular formula is C14H17N3O3S. The van der Waals surface area contributed by atoms with E-state index in [9.17, 15) is 9.90 Å². The summed E-state index contributed by atoms with van der Waals surface area (Å²) in [6, 6.07) is 6.49. The second-order valence-electron chi connectivity index (χ2n) is 4.41. The number of nitrogens with one attached hydrogen (secondary N) is 1. The molecule has 2 N–H and O–H groups in total. The number of carbonyl (C=O) groups is 1. The molecule has 21 heavy (non-hydrogen) atoms. The third-order valence-electron chi connectivity index (χ3n) is 2.68. The van der Waals surface area contributed by atoms with Gasteiger partial charge in [-0.3, -0.25) is 10.1 Å². The van der Waals surface area contributed by atoms with Crippen LogP contribution in [0, 0.1) is 0 Å². The number of unbranched alkanes of at least 4 members (excludes halogenated alkanes) is 1. The molecule has 1 amide bonds. The fraction of sp³-hybridized carbons (Fsp3) is 0.357. The Morgan fingerprint density at radius 2 is 2.19 bits per heavy atom. The first kappa shape index (κ1) is 15.2. The maximum absolute atomic E-state index is 11.7. The molecule has 112 valence electrons. The molecule has 0 saturated carbocycles. The SMILES string of the molecule is CCCCc1nnc(NC(=O)COc2ccccc2O)s1. The standard InChI is InChI=1S/C14H17N3O3S/c1-2-3-8-13-16-17-14(21-13)15-12(19)9-20-11-7-5-4-6-10(11)18/h4-7,18H,2-3,8-9H2,1H3,(H,15,17,19). The predicted molar refractivity (Wildman–Crippen MR) is 80.8 cm³/mol. The van der Waals surface area contributed by atoms with Gasteiger partial charge in [-0.15, -0.1) is 10.2 Å². The van der Waals surface area contributed by atoms with Gasteiger partial charge < -0.3 is 9.84 Å². The molecule has 1 aromatic carbocycles. The Balaban J connectivity index is 1.82. The maximum Gasteiger partial charge on any atom is 0.264 e. The van der Waals surface area contributed by atoms with Crippen LogP contribution in [-0.2, 0) is 11.2 Å². The van der Waals surface area contributed by atoms with E-state index in [-0.39, 0.29) is 24.0 Å². The van der Waals surface area contributed by atoms with Gasteiger partial charge in [0.2, 0.25) is 5.13 Å².